The summed E-state index contributed by atoms with van der Waals surface area (Å²) >= 11 is 0. The van der Waals surface area contributed by atoms with Crippen LogP contribution >= 0.6 is 0 Å². The van der Waals surface area contributed by atoms with Gasteiger partial charge < -0.3 is 15.2 Å². The van der Waals surface area contributed by atoms with Gasteiger partial charge in [-0.15, -0.1) is 0 Å². The number of hydrogen-bond donors (Lipinski definition) is 5. The van der Waals surface area contributed by atoms with Gasteiger partial charge in [-0.1, -0.05) is 18.2 Å². The fraction of sp³-hybridized carbons (Fsp3) is 0.125. The Labute approximate surface area is 276 Å². The zero-order chi connectivity index (χ0) is 34.5. The topological polar surface area (TPSA) is 208 Å². The quantitative estimate of drug-likeness (QED) is 0.0733. The average molecular weight is 691 g/mol. The lowest BCUT2D eigenvalue weighted by molar-refractivity contribution is 0.106. The van der Waals surface area contributed by atoms with Crippen LogP contribution in [0.5, 0.6) is 5.75 Å². The number of carbonyl (C=O) groups excluding carboxylic acids is 1. The van der Waals surface area contributed by atoms with Crippen LogP contribution in [0.1, 0.15) is 21.5 Å². The van der Waals surface area contributed by atoms with Gasteiger partial charge in [0.05, 0.1) is 35.7 Å². The van der Waals surface area contributed by atoms with Crippen molar-refractivity contribution in [1.82, 2.24) is 4.72 Å². The maximum atomic E-state index is 13.5. The summed E-state index contributed by atoms with van der Waals surface area (Å²) in [5, 5.41) is 24.5. The number of anilines is 3. The lowest BCUT2D eigenvalue weighted by Gasteiger charge is -2.18. The van der Waals surface area contributed by atoms with Crippen molar-refractivity contribution in [3.05, 3.63) is 107 Å². The number of benzene rings is 4. The Bertz CT molecular complexity index is 2170. The van der Waals surface area contributed by atoms with E-state index in [1.54, 1.807) is 31.2 Å². The van der Waals surface area contributed by atoms with E-state index in [1.165, 1.54) is 43.5 Å². The lowest BCUT2D eigenvalue weighted by atomic mass is 9.94. The Hall–Kier alpha value is -5.26. The molecular weight excluding hydrogens is 661 g/mol. The van der Waals surface area contributed by atoms with Gasteiger partial charge in [-0.3, -0.25) is 14.8 Å². The molecule has 48 heavy (non-hydrogen) atoms. The van der Waals surface area contributed by atoms with Crippen molar-refractivity contribution in [2.24, 2.45) is 15.3 Å². The third-order valence-corrected chi connectivity index (χ3v) is 9.35. The molecular formula is C32H30N6O8S2. The molecule has 0 amide bonds. The number of fused-ring (bicyclic) bond motifs is 1. The van der Waals surface area contributed by atoms with E-state index in [2.05, 4.69) is 30.8 Å². The highest BCUT2D eigenvalue weighted by molar-refractivity contribution is 7.91. The van der Waals surface area contributed by atoms with Crippen LogP contribution in [0.15, 0.2) is 110 Å². The van der Waals surface area contributed by atoms with Crippen LogP contribution in [-0.2, 0) is 20.1 Å². The molecule has 0 unspecified atom stereocenters. The molecule has 0 fully saturated rings. The zero-order valence-electron chi connectivity index (χ0n) is 25.6. The molecule has 0 bridgehead atoms. The van der Waals surface area contributed by atoms with E-state index >= 15 is 0 Å². The number of azo groups is 1. The Kier molecular flexibility index (Phi) is 10.1. The molecule has 14 nitrogen and oxygen atoms in total. The van der Waals surface area contributed by atoms with Crippen molar-refractivity contribution in [2.75, 3.05) is 31.0 Å². The minimum absolute atomic E-state index is 0.00144. The molecule has 1 aliphatic rings. The first-order chi connectivity index (χ1) is 22.9. The summed E-state index contributed by atoms with van der Waals surface area (Å²) in [4.78, 5) is 12.8. The number of ether oxygens (including phenoxy) is 1. The largest absolute Gasteiger partial charge is 0.494 e. The third kappa shape index (κ3) is 7.81. The van der Waals surface area contributed by atoms with E-state index in [0.717, 1.165) is 5.69 Å². The maximum absolute atomic E-state index is 13.5. The Morgan fingerprint density at radius 3 is 2.27 bits per heavy atom. The summed E-state index contributed by atoms with van der Waals surface area (Å²) in [6.07, 6.45) is 1.18. The van der Waals surface area contributed by atoms with Crippen molar-refractivity contribution >= 4 is 66.1 Å². The smallest absolute Gasteiger partial charge is 0.296 e. The molecule has 1 aliphatic carbocycles. The number of Topliss-reactive ketones (excluding diaryl/α,β-unsaturated/α-hetero) is 1. The zero-order valence-corrected chi connectivity index (χ0v) is 27.2. The molecule has 0 saturated heterocycles. The number of aryl methyl sites for hydroxylation is 1. The van der Waals surface area contributed by atoms with Gasteiger partial charge in [0, 0.05) is 29.5 Å². The number of aliphatic hydroxyl groups excluding tert-OH is 1. The fourth-order valence-electron chi connectivity index (χ4n) is 4.63. The first-order valence-corrected chi connectivity index (χ1v) is 17.2. The van der Waals surface area contributed by atoms with Crippen LogP contribution in [0, 0.1) is 6.92 Å². The summed E-state index contributed by atoms with van der Waals surface area (Å²) in [5.41, 5.74) is 5.65. The highest BCUT2D eigenvalue weighted by Gasteiger charge is 2.33. The molecule has 5 rings (SSSR count). The average Bonchev–Trinajstić information content (AvgIpc) is 3.06. The van der Waals surface area contributed by atoms with Crippen LogP contribution in [0.25, 0.3) is 6.08 Å². The van der Waals surface area contributed by atoms with E-state index in [-0.39, 0.29) is 40.6 Å². The number of rotatable bonds is 12. The number of methoxy groups -OCH3 is 1. The van der Waals surface area contributed by atoms with E-state index in [4.69, 9.17) is 9.84 Å². The van der Waals surface area contributed by atoms with Gasteiger partial charge in [-0.25, -0.2) is 13.1 Å². The van der Waals surface area contributed by atoms with Crippen LogP contribution in [0.3, 0.4) is 0 Å². The molecule has 0 atom stereocenters. The van der Waals surface area contributed by atoms with Crippen LogP contribution in [0.2, 0.25) is 0 Å². The summed E-state index contributed by atoms with van der Waals surface area (Å²) in [6, 6.07) is 22.9. The number of hydrazone groups is 1. The second kappa shape index (κ2) is 14.2. The molecule has 0 saturated carbocycles. The van der Waals surface area contributed by atoms with Gasteiger partial charge in [0.1, 0.15) is 10.7 Å². The normalized spacial score (nSPS) is 14.1. The fourth-order valence-corrected chi connectivity index (χ4v) is 6.31. The minimum Gasteiger partial charge on any atom is -0.494 e. The number of nitrogens with one attached hydrogen (secondary N) is 3. The number of allylic oxidation sites excluding steroid dienone is 1. The summed E-state index contributed by atoms with van der Waals surface area (Å²) in [5.74, 6) is -0.490. The van der Waals surface area contributed by atoms with Gasteiger partial charge in [-0.05, 0) is 84.8 Å². The molecule has 0 aromatic heterocycles. The number of aliphatic hydroxyl groups is 1. The van der Waals surface area contributed by atoms with Crippen LogP contribution in [0.4, 0.5) is 28.4 Å². The predicted octanol–water partition coefficient (Wildman–Crippen LogP) is 5.33. The Balaban J connectivity index is 1.39. The van der Waals surface area contributed by atoms with Crippen molar-refractivity contribution in [2.45, 2.75) is 11.8 Å². The maximum Gasteiger partial charge on any atom is 0.296 e. The molecule has 4 aromatic carbocycles. The number of para-hydroxylation sites is 1. The molecule has 0 spiro atoms. The molecule has 0 aliphatic heterocycles. The van der Waals surface area contributed by atoms with Gasteiger partial charge in [0.15, 0.2) is 5.71 Å². The van der Waals surface area contributed by atoms with Gasteiger partial charge in [0.25, 0.3) is 10.1 Å². The summed E-state index contributed by atoms with van der Waals surface area (Å²) in [6.45, 7) is 1.28. The van der Waals surface area contributed by atoms with Crippen LogP contribution < -0.4 is 20.2 Å². The third-order valence-electron chi connectivity index (χ3n) is 7.00. The van der Waals surface area contributed by atoms with E-state index < -0.39 is 36.5 Å². The molecule has 0 radical (unpaired) electrons. The highest BCUT2D eigenvalue weighted by Crippen LogP contribution is 2.35. The molecule has 0 heterocycles. The van der Waals surface area contributed by atoms with E-state index in [1.807, 2.05) is 30.3 Å². The van der Waals surface area contributed by atoms with E-state index in [0.29, 0.717) is 22.6 Å². The Morgan fingerprint density at radius 2 is 1.60 bits per heavy atom. The molecule has 248 valence electrons. The van der Waals surface area contributed by atoms with E-state index in [9.17, 15) is 26.2 Å². The monoisotopic (exact) mass is 690 g/mol. The first kappa shape index (κ1) is 34.1. The first-order valence-electron chi connectivity index (χ1n) is 14.2. The number of sulfonamides is 1. The second-order valence-corrected chi connectivity index (χ2v) is 13.5. The number of nitrogens with zero attached hydrogens (tertiary/aromatic N) is 3. The SMILES string of the molecule is COc1cc(/N=N/c2ccc(S(=O)(=O)NCCO)cc2)c(C)cc1N/N=C1\C(=O)c2ccc(Nc3ccccc3)cc2C=C1S(=O)(=O)O. The number of carbonyl (C=O) groups is 1. The lowest BCUT2D eigenvalue weighted by Crippen LogP contribution is -2.27. The highest BCUT2D eigenvalue weighted by atomic mass is 32.2. The standard InChI is InChI=1S/C32H30N6O8S2/c1-20-16-28(29(46-2)19-27(20)36-35-23-8-11-25(12-9-23)47(41,42)33-14-15-39)37-38-31-30(48(43,44)45)18-21-17-24(10-13-26(21)32(31)40)34-22-6-4-3-5-7-22/h3-13,16-19,33-34,37,39H,14-15H2,1-2H3,(H,43,44,45)/b36-35+,38-31-. The van der Waals surface area contributed by atoms with Crippen molar-refractivity contribution in [3.63, 3.8) is 0 Å². The Morgan fingerprint density at radius 1 is 0.875 bits per heavy atom. The number of ketones is 1. The molecule has 16 heteroatoms. The van der Waals surface area contributed by atoms with Gasteiger partial charge in [0.2, 0.25) is 15.8 Å². The van der Waals surface area contributed by atoms with Gasteiger partial charge in [-0.2, -0.15) is 23.7 Å². The predicted molar refractivity (Wildman–Crippen MR) is 182 cm³/mol. The second-order valence-electron chi connectivity index (χ2n) is 10.3. The summed E-state index contributed by atoms with van der Waals surface area (Å²) < 4.78 is 66.9. The van der Waals surface area contributed by atoms with Crippen LogP contribution in [-0.4, -0.2) is 58.3 Å². The summed E-state index contributed by atoms with van der Waals surface area (Å²) in [7, 11) is -7.25. The van der Waals surface area contributed by atoms with Crippen molar-refractivity contribution < 1.29 is 36.0 Å². The van der Waals surface area contributed by atoms with Crippen molar-refractivity contribution in [3.8, 4) is 5.75 Å². The van der Waals surface area contributed by atoms with Gasteiger partial charge >= 0.3 is 0 Å². The molecule has 4 aromatic rings. The molecule has 5 N–H and O–H groups in total. The minimum atomic E-state index is -4.86. The number of hydrogen-bond acceptors (Lipinski definition) is 12. The van der Waals surface area contributed by atoms with Crippen molar-refractivity contribution in [1.29, 1.82) is 0 Å².